The first-order chi connectivity index (χ1) is 13.1. The molecule has 2 aromatic rings. The molecule has 28 heavy (non-hydrogen) atoms. The molecule has 0 radical (unpaired) electrons. The monoisotopic (exact) mass is 394 g/mol. The number of rotatable bonds is 7. The molecule has 0 saturated heterocycles. The van der Waals surface area contributed by atoms with E-state index in [4.69, 9.17) is 0 Å². The molecule has 0 unspecified atom stereocenters. The predicted octanol–water partition coefficient (Wildman–Crippen LogP) is 3.72. The second kappa shape index (κ2) is 9.21. The largest absolute Gasteiger partial charge is 0.416 e. The highest BCUT2D eigenvalue weighted by atomic mass is 19.4. The SMILES string of the molecule is Cc1ccc(NC(=O)c2cc(C(F)(F)F)ccc2[NH2+]CCCN(C)C)cc1C. The summed E-state index contributed by atoms with van der Waals surface area (Å²) in [4.78, 5) is 14.8. The van der Waals surface area contributed by atoms with Crippen LogP contribution in [0.5, 0.6) is 0 Å². The lowest BCUT2D eigenvalue weighted by molar-refractivity contribution is -0.572. The van der Waals surface area contributed by atoms with Gasteiger partial charge in [0.25, 0.3) is 5.91 Å². The highest BCUT2D eigenvalue weighted by Crippen LogP contribution is 2.31. The average molecular weight is 394 g/mol. The first-order valence-corrected chi connectivity index (χ1v) is 9.15. The molecule has 152 valence electrons. The van der Waals surface area contributed by atoms with Crippen LogP contribution in [0.1, 0.15) is 33.5 Å². The highest BCUT2D eigenvalue weighted by molar-refractivity contribution is 6.07. The number of hydrogen-bond donors (Lipinski definition) is 2. The fourth-order valence-electron chi connectivity index (χ4n) is 2.79. The summed E-state index contributed by atoms with van der Waals surface area (Å²) in [6.07, 6.45) is -3.65. The summed E-state index contributed by atoms with van der Waals surface area (Å²) in [6, 6.07) is 8.73. The third-order valence-electron chi connectivity index (χ3n) is 4.56. The first-order valence-electron chi connectivity index (χ1n) is 9.15. The number of nitrogens with one attached hydrogen (secondary N) is 1. The fourth-order valence-corrected chi connectivity index (χ4v) is 2.79. The second-order valence-corrected chi connectivity index (χ2v) is 7.20. The molecule has 1 amide bonds. The predicted molar refractivity (Wildman–Crippen MR) is 105 cm³/mol. The van der Waals surface area contributed by atoms with Crippen molar-refractivity contribution in [3.63, 3.8) is 0 Å². The molecule has 0 heterocycles. The lowest BCUT2D eigenvalue weighted by Gasteiger charge is -2.14. The van der Waals surface area contributed by atoms with Crippen LogP contribution in [-0.2, 0) is 6.18 Å². The zero-order valence-electron chi connectivity index (χ0n) is 16.7. The summed E-state index contributed by atoms with van der Waals surface area (Å²) in [5.74, 6) is -0.548. The van der Waals surface area contributed by atoms with E-state index >= 15 is 0 Å². The number of aryl methyl sites for hydroxylation is 2. The molecule has 0 aliphatic heterocycles. The van der Waals surface area contributed by atoms with Crippen molar-refractivity contribution in [2.45, 2.75) is 26.4 Å². The van der Waals surface area contributed by atoms with Crippen molar-refractivity contribution < 1.29 is 23.3 Å². The molecule has 0 fully saturated rings. The van der Waals surface area contributed by atoms with Crippen LogP contribution in [0, 0.1) is 13.8 Å². The quantitative estimate of drug-likeness (QED) is 0.556. The van der Waals surface area contributed by atoms with Gasteiger partial charge in [-0.15, -0.1) is 0 Å². The van der Waals surface area contributed by atoms with E-state index in [-0.39, 0.29) is 5.56 Å². The maximum atomic E-state index is 13.1. The van der Waals surface area contributed by atoms with Crippen LogP contribution in [0.15, 0.2) is 36.4 Å². The molecule has 4 nitrogen and oxygen atoms in total. The number of hydrogen-bond acceptors (Lipinski definition) is 2. The Balaban J connectivity index is 2.26. The van der Waals surface area contributed by atoms with Gasteiger partial charge in [0, 0.05) is 24.7 Å². The van der Waals surface area contributed by atoms with E-state index in [1.54, 1.807) is 12.1 Å². The lowest BCUT2D eigenvalue weighted by atomic mass is 10.1. The Morgan fingerprint density at radius 3 is 2.39 bits per heavy atom. The van der Waals surface area contributed by atoms with E-state index in [0.717, 1.165) is 36.2 Å². The van der Waals surface area contributed by atoms with Gasteiger partial charge in [-0.2, -0.15) is 13.2 Å². The number of anilines is 1. The maximum Gasteiger partial charge on any atom is 0.416 e. The highest BCUT2D eigenvalue weighted by Gasteiger charge is 2.32. The van der Waals surface area contributed by atoms with E-state index < -0.39 is 17.6 Å². The molecule has 2 rings (SSSR count). The van der Waals surface area contributed by atoms with E-state index in [2.05, 4.69) is 5.32 Å². The smallest absolute Gasteiger partial charge is 0.322 e. The number of nitrogens with zero attached hydrogens (tertiary/aromatic N) is 1. The standard InChI is InChI=1S/C21H26F3N3O/c1-14-6-8-17(12-15(14)2)26-20(28)18-13-16(21(22,23)24)7-9-19(18)25-10-5-11-27(3)4/h6-9,12-13,25H,5,10-11H2,1-4H3,(H,26,28)/p+1. The van der Waals surface area contributed by atoms with Crippen molar-refractivity contribution in [1.82, 2.24) is 4.90 Å². The summed E-state index contributed by atoms with van der Waals surface area (Å²) in [7, 11) is 3.92. The van der Waals surface area contributed by atoms with Crippen molar-refractivity contribution >= 4 is 17.3 Å². The molecular weight excluding hydrogens is 367 g/mol. The Morgan fingerprint density at radius 2 is 1.79 bits per heavy atom. The molecule has 0 aliphatic rings. The molecule has 3 N–H and O–H groups in total. The molecule has 0 aliphatic carbocycles. The Bertz CT molecular complexity index is 832. The number of benzene rings is 2. The number of carbonyl (C=O) groups is 1. The zero-order chi connectivity index (χ0) is 20.9. The molecule has 2 aromatic carbocycles. The van der Waals surface area contributed by atoms with Gasteiger partial charge < -0.3 is 15.5 Å². The van der Waals surface area contributed by atoms with Gasteiger partial charge in [0.1, 0.15) is 11.3 Å². The minimum Gasteiger partial charge on any atom is -0.322 e. The number of alkyl halides is 3. The summed E-state index contributed by atoms with van der Waals surface area (Å²) >= 11 is 0. The van der Waals surface area contributed by atoms with E-state index in [1.807, 2.05) is 44.2 Å². The van der Waals surface area contributed by atoms with Crippen LogP contribution in [0.2, 0.25) is 0 Å². The van der Waals surface area contributed by atoms with Crippen LogP contribution in [0.4, 0.5) is 24.5 Å². The van der Waals surface area contributed by atoms with E-state index in [0.29, 0.717) is 17.9 Å². The Hall–Kier alpha value is -2.38. The number of nitrogens with two attached hydrogens (primary N) is 1. The van der Waals surface area contributed by atoms with Gasteiger partial charge in [-0.1, -0.05) is 6.07 Å². The van der Waals surface area contributed by atoms with Gasteiger partial charge in [0.15, 0.2) is 0 Å². The van der Waals surface area contributed by atoms with Crippen molar-refractivity contribution in [3.05, 3.63) is 58.7 Å². The average Bonchev–Trinajstić information content (AvgIpc) is 2.61. The third-order valence-corrected chi connectivity index (χ3v) is 4.56. The van der Waals surface area contributed by atoms with Crippen molar-refractivity contribution in [2.75, 3.05) is 32.5 Å². The first kappa shape index (κ1) is 21.9. The summed E-state index contributed by atoms with van der Waals surface area (Å²) in [5.41, 5.74) is 2.34. The van der Waals surface area contributed by atoms with Crippen molar-refractivity contribution in [2.24, 2.45) is 0 Å². The number of halogens is 3. The second-order valence-electron chi connectivity index (χ2n) is 7.20. The van der Waals surface area contributed by atoms with Gasteiger partial charge in [-0.3, -0.25) is 4.79 Å². The summed E-state index contributed by atoms with van der Waals surface area (Å²) in [5, 5.41) is 4.54. The molecule has 7 heteroatoms. The van der Waals surface area contributed by atoms with Crippen LogP contribution >= 0.6 is 0 Å². The molecule has 0 bridgehead atoms. The molecule has 0 aromatic heterocycles. The molecule has 0 atom stereocenters. The Labute approximate surface area is 163 Å². The third kappa shape index (κ3) is 6.07. The van der Waals surface area contributed by atoms with Crippen LogP contribution < -0.4 is 10.6 Å². The minimum absolute atomic E-state index is 0.0258. The molecule has 0 spiro atoms. The normalized spacial score (nSPS) is 11.7. The summed E-state index contributed by atoms with van der Waals surface area (Å²) in [6.45, 7) is 5.41. The van der Waals surface area contributed by atoms with Gasteiger partial charge in [-0.25, -0.2) is 0 Å². The number of carbonyl (C=O) groups excluding carboxylic acids is 1. The Kier molecular flexibility index (Phi) is 7.21. The Morgan fingerprint density at radius 1 is 1.07 bits per heavy atom. The van der Waals surface area contributed by atoms with Gasteiger partial charge in [-0.05, 0) is 63.3 Å². The topological polar surface area (TPSA) is 49.0 Å². The fraction of sp³-hybridized carbons (Fsp3) is 0.381. The number of quaternary nitrogens is 1. The van der Waals surface area contributed by atoms with Gasteiger partial charge in [0.2, 0.25) is 0 Å². The summed E-state index contributed by atoms with van der Waals surface area (Å²) < 4.78 is 39.4. The molecular formula is C21H27F3N3O+. The maximum absolute atomic E-state index is 13.1. The van der Waals surface area contributed by atoms with Gasteiger partial charge in [0.05, 0.1) is 12.1 Å². The van der Waals surface area contributed by atoms with Crippen LogP contribution in [0.3, 0.4) is 0 Å². The minimum atomic E-state index is -4.50. The van der Waals surface area contributed by atoms with Crippen LogP contribution in [-0.4, -0.2) is 38.0 Å². The van der Waals surface area contributed by atoms with Crippen molar-refractivity contribution in [3.8, 4) is 0 Å². The van der Waals surface area contributed by atoms with Crippen molar-refractivity contribution in [1.29, 1.82) is 0 Å². The molecule has 0 saturated carbocycles. The lowest BCUT2D eigenvalue weighted by Crippen LogP contribution is -2.78. The number of amides is 1. The van der Waals surface area contributed by atoms with E-state index in [9.17, 15) is 18.0 Å². The zero-order valence-corrected chi connectivity index (χ0v) is 16.7. The van der Waals surface area contributed by atoms with Crippen LogP contribution in [0.25, 0.3) is 0 Å². The van der Waals surface area contributed by atoms with E-state index in [1.165, 1.54) is 6.07 Å². The van der Waals surface area contributed by atoms with Gasteiger partial charge >= 0.3 is 6.18 Å².